The summed E-state index contributed by atoms with van der Waals surface area (Å²) in [4.78, 5) is 43.1. The van der Waals surface area contributed by atoms with Crippen molar-refractivity contribution in [2.45, 2.75) is 20.8 Å². The van der Waals surface area contributed by atoms with E-state index in [0.29, 0.717) is 0 Å². The van der Waals surface area contributed by atoms with Crippen LogP contribution >= 0.6 is 0 Å². The molecule has 1 saturated heterocycles. The molecule has 0 radical (unpaired) electrons. The number of carbonyl (C=O) groups excluding carboxylic acids is 3. The van der Waals surface area contributed by atoms with Crippen LogP contribution in [0.2, 0.25) is 0 Å². The van der Waals surface area contributed by atoms with E-state index in [2.05, 4.69) is 0 Å². The van der Waals surface area contributed by atoms with Crippen molar-refractivity contribution in [3.05, 3.63) is 113 Å². The van der Waals surface area contributed by atoms with Crippen LogP contribution in [0.4, 0.5) is 16.2 Å². The van der Waals surface area contributed by atoms with Crippen LogP contribution in [-0.4, -0.2) is 26.3 Å². The maximum Gasteiger partial charge on any atom is 0.343 e. The number of para-hydroxylation sites is 2. The molecule has 1 fully saturated rings. The molecule has 5 rings (SSSR count). The predicted molar refractivity (Wildman–Crippen MR) is 143 cm³/mol. The van der Waals surface area contributed by atoms with Gasteiger partial charge in [0.2, 0.25) is 9.84 Å². The van der Waals surface area contributed by atoms with Crippen molar-refractivity contribution >= 4 is 44.0 Å². The molecule has 0 spiro atoms. The van der Waals surface area contributed by atoms with E-state index < -0.39 is 33.1 Å². The highest BCUT2D eigenvalue weighted by Gasteiger charge is 2.46. The van der Waals surface area contributed by atoms with Crippen LogP contribution in [0.15, 0.2) is 112 Å². The maximum absolute atomic E-state index is 13.9. The lowest BCUT2D eigenvalue weighted by Crippen LogP contribution is -2.57. The first-order valence-corrected chi connectivity index (χ1v) is 13.3. The third-order valence-corrected chi connectivity index (χ3v) is 8.40. The minimum atomic E-state index is -4.02. The lowest BCUT2D eigenvalue weighted by atomic mass is 9.92. The number of nitrogens with zero attached hydrogens (tertiary/aromatic N) is 2. The molecule has 0 atom stereocenters. The number of rotatable bonds is 3. The fraction of sp³-hybridized carbons (Fsp3) is 0.138. The third kappa shape index (κ3) is 4.10. The second kappa shape index (κ2) is 9.11. The minimum Gasteiger partial charge on any atom is -0.464 e. The standard InChI is InChI=1S/C29H24N2O6S/c1-29(2,3)24-18-19(17-23(38(24,35)36)22-15-10-16-37-22)25-26(32)30(20-11-6-4-7-12-20)28(34)31(27(25)33)21-13-8-5-9-14-21/h4-18H,1-3H3. The zero-order chi connectivity index (χ0) is 27.2. The van der Waals surface area contributed by atoms with Gasteiger partial charge in [0.25, 0.3) is 11.8 Å². The van der Waals surface area contributed by atoms with Crippen molar-refractivity contribution in [2.24, 2.45) is 5.41 Å². The van der Waals surface area contributed by atoms with Gasteiger partial charge in [-0.1, -0.05) is 57.2 Å². The van der Waals surface area contributed by atoms with Crippen LogP contribution in [0.3, 0.4) is 0 Å². The van der Waals surface area contributed by atoms with Crippen molar-refractivity contribution in [3.63, 3.8) is 0 Å². The molecule has 1 aromatic heterocycles. The van der Waals surface area contributed by atoms with Crippen LogP contribution in [-0.2, 0) is 19.4 Å². The van der Waals surface area contributed by atoms with E-state index >= 15 is 0 Å². The number of imide groups is 2. The van der Waals surface area contributed by atoms with Gasteiger partial charge in [0.15, 0.2) is 0 Å². The number of sulfone groups is 1. The Morgan fingerprint density at radius 3 is 1.68 bits per heavy atom. The quantitative estimate of drug-likeness (QED) is 0.330. The maximum atomic E-state index is 13.9. The molecule has 9 heteroatoms. The number of urea groups is 1. The summed E-state index contributed by atoms with van der Waals surface area (Å²) >= 11 is 0. The molecule has 8 nitrogen and oxygen atoms in total. The van der Waals surface area contributed by atoms with Crippen LogP contribution in [0.25, 0.3) is 4.91 Å². The van der Waals surface area contributed by atoms with E-state index in [4.69, 9.17) is 4.42 Å². The van der Waals surface area contributed by atoms with Crippen molar-refractivity contribution < 1.29 is 27.2 Å². The second-order valence-corrected chi connectivity index (χ2v) is 11.7. The van der Waals surface area contributed by atoms with Crippen LogP contribution in [0.1, 0.15) is 26.5 Å². The molecule has 2 aliphatic rings. The summed E-state index contributed by atoms with van der Waals surface area (Å²) in [5, 5.41) is 0. The first kappa shape index (κ1) is 25.2. The van der Waals surface area contributed by atoms with E-state index in [9.17, 15) is 22.8 Å². The van der Waals surface area contributed by atoms with Gasteiger partial charge in [-0.25, -0.2) is 23.0 Å². The largest absolute Gasteiger partial charge is 0.464 e. The van der Waals surface area contributed by atoms with Gasteiger partial charge in [0, 0.05) is 0 Å². The Kier molecular flexibility index (Phi) is 6.03. The molecule has 3 heterocycles. The zero-order valence-electron chi connectivity index (χ0n) is 20.9. The molecule has 0 unspecified atom stereocenters. The summed E-state index contributed by atoms with van der Waals surface area (Å²) in [5.41, 5.74) is -0.593. The summed E-state index contributed by atoms with van der Waals surface area (Å²) in [6, 6.07) is 18.7. The monoisotopic (exact) mass is 528 g/mol. The van der Waals surface area contributed by atoms with Gasteiger partial charge in [0.1, 0.15) is 16.2 Å². The van der Waals surface area contributed by atoms with Gasteiger partial charge in [0.05, 0.1) is 22.5 Å². The molecular formula is C29H24N2O6S. The topological polar surface area (TPSA) is 105 Å². The average molecular weight is 529 g/mol. The Morgan fingerprint density at radius 1 is 0.711 bits per heavy atom. The lowest BCUT2D eigenvalue weighted by Gasteiger charge is -2.35. The summed E-state index contributed by atoms with van der Waals surface area (Å²) in [6.07, 6.45) is 3.95. The molecule has 0 saturated carbocycles. The van der Waals surface area contributed by atoms with Crippen molar-refractivity contribution in [1.82, 2.24) is 0 Å². The number of hydrogen-bond donors (Lipinski definition) is 0. The van der Waals surface area contributed by atoms with Crippen LogP contribution in [0.5, 0.6) is 0 Å². The van der Waals surface area contributed by atoms with Gasteiger partial charge in [-0.3, -0.25) is 9.59 Å². The number of furan rings is 1. The van der Waals surface area contributed by atoms with E-state index in [0.717, 1.165) is 9.80 Å². The number of anilines is 2. The molecule has 0 bridgehead atoms. The summed E-state index contributed by atoms with van der Waals surface area (Å²) < 4.78 is 32.6. The highest BCUT2D eigenvalue weighted by atomic mass is 32.2. The second-order valence-electron chi connectivity index (χ2n) is 9.81. The smallest absolute Gasteiger partial charge is 0.343 e. The Bertz CT molecular complexity index is 1580. The van der Waals surface area contributed by atoms with Gasteiger partial charge < -0.3 is 4.42 Å². The van der Waals surface area contributed by atoms with E-state index in [1.54, 1.807) is 87.5 Å². The van der Waals surface area contributed by atoms with Gasteiger partial charge in [-0.05, 0) is 59.5 Å². The van der Waals surface area contributed by atoms with Crippen molar-refractivity contribution in [1.29, 1.82) is 0 Å². The molecule has 0 aliphatic carbocycles. The number of benzene rings is 2. The third-order valence-electron chi connectivity index (χ3n) is 6.19. The lowest BCUT2D eigenvalue weighted by molar-refractivity contribution is -0.121. The fourth-order valence-corrected chi connectivity index (χ4v) is 6.42. The Hall–Kier alpha value is -4.50. The Labute approximate surface area is 220 Å². The molecule has 38 heavy (non-hydrogen) atoms. The zero-order valence-corrected chi connectivity index (χ0v) is 21.7. The minimum absolute atomic E-state index is 0.0106. The van der Waals surface area contributed by atoms with E-state index in [1.165, 1.54) is 24.5 Å². The molecule has 2 aromatic carbocycles. The number of barbiturate groups is 1. The van der Waals surface area contributed by atoms with Gasteiger partial charge in [-0.15, -0.1) is 0 Å². The van der Waals surface area contributed by atoms with Crippen LogP contribution in [0, 0.1) is 5.41 Å². The van der Waals surface area contributed by atoms with Gasteiger partial charge in [-0.2, -0.15) is 0 Å². The highest BCUT2D eigenvalue weighted by Crippen LogP contribution is 2.43. The molecule has 2 aliphatic heterocycles. The molecular weight excluding hydrogens is 504 g/mol. The number of amides is 4. The number of hydrogen-bond acceptors (Lipinski definition) is 6. The first-order chi connectivity index (χ1) is 18.0. The summed E-state index contributed by atoms with van der Waals surface area (Å²) in [7, 11) is -4.02. The van der Waals surface area contributed by atoms with Gasteiger partial charge >= 0.3 is 6.03 Å². The number of allylic oxidation sites excluding steroid dienone is 4. The SMILES string of the molecule is CC(C)(C)C1=CC(=C2C(=O)N(c3ccccc3)C(=O)N(c3ccccc3)C2=O)C=C(c2ccco2)S1(=O)=O. The van der Waals surface area contributed by atoms with Crippen LogP contribution < -0.4 is 9.80 Å². The summed E-state index contributed by atoms with van der Waals surface area (Å²) in [6.45, 7) is 5.18. The van der Waals surface area contributed by atoms with E-state index in [-0.39, 0.29) is 38.1 Å². The van der Waals surface area contributed by atoms with Crippen molar-refractivity contribution in [3.8, 4) is 0 Å². The first-order valence-electron chi connectivity index (χ1n) is 11.8. The molecule has 0 N–H and O–H groups in total. The van der Waals surface area contributed by atoms with Crippen molar-refractivity contribution in [2.75, 3.05) is 9.80 Å². The molecule has 3 aromatic rings. The fourth-order valence-electron chi connectivity index (χ4n) is 4.43. The van der Waals surface area contributed by atoms with E-state index in [1.807, 2.05) is 0 Å². The molecule has 4 amide bonds. The number of carbonyl (C=O) groups is 3. The normalized spacial score (nSPS) is 18.0. The average Bonchev–Trinajstić information content (AvgIpc) is 3.40. The highest BCUT2D eigenvalue weighted by molar-refractivity contribution is 8.04. The Balaban J connectivity index is 1.82. The summed E-state index contributed by atoms with van der Waals surface area (Å²) in [5.74, 6) is -1.64. The Morgan fingerprint density at radius 2 is 1.24 bits per heavy atom. The molecule has 192 valence electrons. The predicted octanol–water partition coefficient (Wildman–Crippen LogP) is 5.48.